The van der Waals surface area contributed by atoms with Gasteiger partial charge in [0.1, 0.15) is 0 Å². The standard InChI is InChI=1S/C23H27N3O/c27-23(12-17-3-4-17)25-11-9-20(14-25)18-5-7-22(8-6-18)26-15-21(16-26)19-2-1-10-24-13-19/h1-2,5-8,10,13,17,20-21H,3-4,9,11-12,14-16H2. The van der Waals surface area contributed by atoms with Crippen LogP contribution >= 0.6 is 0 Å². The van der Waals surface area contributed by atoms with Gasteiger partial charge in [-0.3, -0.25) is 9.78 Å². The Morgan fingerprint density at radius 3 is 2.48 bits per heavy atom. The zero-order valence-corrected chi connectivity index (χ0v) is 15.8. The average molecular weight is 361 g/mol. The van der Waals surface area contributed by atoms with E-state index in [9.17, 15) is 4.79 Å². The molecule has 1 amide bonds. The molecular formula is C23H27N3O. The highest BCUT2D eigenvalue weighted by Crippen LogP contribution is 2.36. The number of hydrogen-bond acceptors (Lipinski definition) is 3. The second-order valence-corrected chi connectivity index (χ2v) is 8.45. The highest BCUT2D eigenvalue weighted by Gasteiger charge is 2.32. The first-order valence-corrected chi connectivity index (χ1v) is 10.3. The second kappa shape index (κ2) is 6.99. The minimum absolute atomic E-state index is 0.374. The monoisotopic (exact) mass is 361 g/mol. The van der Waals surface area contributed by atoms with Crippen LogP contribution in [0.2, 0.25) is 0 Å². The molecule has 1 aromatic carbocycles. The number of pyridine rings is 1. The van der Waals surface area contributed by atoms with Gasteiger partial charge in [-0.2, -0.15) is 0 Å². The van der Waals surface area contributed by atoms with E-state index in [1.165, 1.54) is 29.7 Å². The van der Waals surface area contributed by atoms with Gasteiger partial charge >= 0.3 is 0 Å². The number of likely N-dealkylation sites (tertiary alicyclic amines) is 1. The van der Waals surface area contributed by atoms with Crippen molar-refractivity contribution >= 4 is 11.6 Å². The maximum atomic E-state index is 12.3. The highest BCUT2D eigenvalue weighted by molar-refractivity contribution is 5.77. The summed E-state index contributed by atoms with van der Waals surface area (Å²) in [6.07, 6.45) is 8.20. The van der Waals surface area contributed by atoms with E-state index in [0.717, 1.165) is 39.0 Å². The topological polar surface area (TPSA) is 36.4 Å². The van der Waals surface area contributed by atoms with Crippen molar-refractivity contribution in [3.63, 3.8) is 0 Å². The van der Waals surface area contributed by atoms with Crippen molar-refractivity contribution in [2.24, 2.45) is 5.92 Å². The van der Waals surface area contributed by atoms with Crippen LogP contribution in [0.15, 0.2) is 48.8 Å². The summed E-state index contributed by atoms with van der Waals surface area (Å²) in [4.78, 5) is 21.1. The van der Waals surface area contributed by atoms with E-state index in [1.54, 1.807) is 0 Å². The minimum Gasteiger partial charge on any atom is -0.370 e. The molecule has 0 radical (unpaired) electrons. The first-order valence-electron chi connectivity index (χ1n) is 10.3. The minimum atomic E-state index is 0.374. The van der Waals surface area contributed by atoms with Gasteiger partial charge in [0.15, 0.2) is 0 Å². The van der Waals surface area contributed by atoms with E-state index in [1.807, 2.05) is 18.5 Å². The van der Waals surface area contributed by atoms with Gasteiger partial charge < -0.3 is 9.80 Å². The van der Waals surface area contributed by atoms with E-state index < -0.39 is 0 Å². The lowest BCUT2D eigenvalue weighted by Crippen LogP contribution is -2.45. The molecule has 2 saturated heterocycles. The van der Waals surface area contributed by atoms with E-state index in [4.69, 9.17) is 0 Å². The van der Waals surface area contributed by atoms with Crippen LogP contribution in [0.5, 0.6) is 0 Å². The summed E-state index contributed by atoms with van der Waals surface area (Å²) in [7, 11) is 0. The van der Waals surface area contributed by atoms with E-state index in [2.05, 4.69) is 45.1 Å². The van der Waals surface area contributed by atoms with E-state index in [-0.39, 0.29) is 0 Å². The smallest absolute Gasteiger partial charge is 0.222 e. The molecule has 3 aliphatic rings. The molecule has 5 rings (SSSR count). The zero-order chi connectivity index (χ0) is 18.2. The van der Waals surface area contributed by atoms with Crippen molar-refractivity contribution in [1.29, 1.82) is 0 Å². The third kappa shape index (κ3) is 3.58. The molecule has 0 N–H and O–H groups in total. The van der Waals surface area contributed by atoms with Crippen molar-refractivity contribution < 1.29 is 4.79 Å². The summed E-state index contributed by atoms with van der Waals surface area (Å²) in [5.74, 6) is 2.16. The molecular weight excluding hydrogens is 334 g/mol. The number of benzene rings is 1. The average Bonchev–Trinajstić information content (AvgIpc) is 3.33. The lowest BCUT2D eigenvalue weighted by molar-refractivity contribution is -0.130. The molecule has 0 spiro atoms. The molecule has 1 aliphatic carbocycles. The lowest BCUT2D eigenvalue weighted by atomic mass is 9.91. The number of rotatable bonds is 5. The molecule has 0 bridgehead atoms. The molecule has 4 heteroatoms. The van der Waals surface area contributed by atoms with Crippen LogP contribution < -0.4 is 4.90 Å². The Bertz CT molecular complexity index is 794. The van der Waals surface area contributed by atoms with Crippen molar-refractivity contribution in [3.05, 3.63) is 59.9 Å². The number of carbonyl (C=O) groups is 1. The first-order chi connectivity index (χ1) is 13.3. The molecule has 3 fully saturated rings. The fourth-order valence-corrected chi connectivity index (χ4v) is 4.43. The molecule has 2 aromatic rings. The third-order valence-corrected chi connectivity index (χ3v) is 6.47. The Morgan fingerprint density at radius 2 is 1.78 bits per heavy atom. The number of anilines is 1. The Kier molecular flexibility index (Phi) is 4.35. The van der Waals surface area contributed by atoms with Gasteiger partial charge in [-0.15, -0.1) is 0 Å². The molecule has 3 heterocycles. The van der Waals surface area contributed by atoms with Crippen molar-refractivity contribution in [2.45, 2.75) is 37.5 Å². The van der Waals surface area contributed by atoms with Crippen LogP contribution in [0.1, 0.15) is 48.6 Å². The molecule has 27 heavy (non-hydrogen) atoms. The molecule has 4 nitrogen and oxygen atoms in total. The molecule has 1 saturated carbocycles. The number of hydrogen-bond donors (Lipinski definition) is 0. The maximum absolute atomic E-state index is 12.3. The van der Waals surface area contributed by atoms with Gasteiger partial charge in [0.25, 0.3) is 0 Å². The number of aromatic nitrogens is 1. The second-order valence-electron chi connectivity index (χ2n) is 8.45. The molecule has 1 atom stereocenters. The van der Waals surface area contributed by atoms with E-state index in [0.29, 0.717) is 23.7 Å². The van der Waals surface area contributed by atoms with Crippen LogP contribution in [-0.2, 0) is 4.79 Å². The summed E-state index contributed by atoms with van der Waals surface area (Å²) in [5, 5.41) is 0. The van der Waals surface area contributed by atoms with Gasteiger partial charge in [0.2, 0.25) is 5.91 Å². The van der Waals surface area contributed by atoms with Crippen LogP contribution in [0.25, 0.3) is 0 Å². The third-order valence-electron chi connectivity index (χ3n) is 6.47. The summed E-state index contributed by atoms with van der Waals surface area (Å²) in [6, 6.07) is 13.2. The lowest BCUT2D eigenvalue weighted by Gasteiger charge is -2.41. The van der Waals surface area contributed by atoms with Crippen LogP contribution in [0.3, 0.4) is 0 Å². The largest absolute Gasteiger partial charge is 0.370 e. The zero-order valence-electron chi connectivity index (χ0n) is 15.8. The molecule has 1 unspecified atom stereocenters. The van der Waals surface area contributed by atoms with Crippen molar-refractivity contribution in [2.75, 3.05) is 31.1 Å². The molecule has 140 valence electrons. The van der Waals surface area contributed by atoms with Gasteiger partial charge in [-0.25, -0.2) is 0 Å². The SMILES string of the molecule is O=C(CC1CC1)N1CCC(c2ccc(N3CC(c4cccnc4)C3)cc2)C1. The quantitative estimate of drug-likeness (QED) is 0.813. The number of nitrogens with zero attached hydrogens (tertiary/aromatic N) is 3. The summed E-state index contributed by atoms with van der Waals surface area (Å²) >= 11 is 0. The van der Waals surface area contributed by atoms with Crippen LogP contribution in [0.4, 0.5) is 5.69 Å². The van der Waals surface area contributed by atoms with E-state index >= 15 is 0 Å². The number of carbonyl (C=O) groups excluding carboxylic acids is 1. The summed E-state index contributed by atoms with van der Waals surface area (Å²) < 4.78 is 0. The molecule has 1 aromatic heterocycles. The molecule has 2 aliphatic heterocycles. The van der Waals surface area contributed by atoms with Crippen LogP contribution in [-0.4, -0.2) is 42.0 Å². The van der Waals surface area contributed by atoms with Gasteiger partial charge in [0.05, 0.1) is 0 Å². The Balaban J connectivity index is 1.16. The number of amides is 1. The predicted octanol–water partition coefficient (Wildman–Crippen LogP) is 3.80. The predicted molar refractivity (Wildman–Crippen MR) is 107 cm³/mol. The normalized spacial score (nSPS) is 22.7. The first kappa shape index (κ1) is 16.8. The Labute approximate surface area is 161 Å². The highest BCUT2D eigenvalue weighted by atomic mass is 16.2. The maximum Gasteiger partial charge on any atom is 0.222 e. The van der Waals surface area contributed by atoms with Gasteiger partial charge in [0, 0.05) is 62.5 Å². The Hall–Kier alpha value is -2.36. The van der Waals surface area contributed by atoms with Crippen molar-refractivity contribution in [3.8, 4) is 0 Å². The van der Waals surface area contributed by atoms with Gasteiger partial charge in [-0.05, 0) is 54.5 Å². The van der Waals surface area contributed by atoms with Gasteiger partial charge in [-0.1, -0.05) is 18.2 Å². The fourth-order valence-electron chi connectivity index (χ4n) is 4.43. The Morgan fingerprint density at radius 1 is 0.963 bits per heavy atom. The van der Waals surface area contributed by atoms with Crippen LogP contribution in [0, 0.1) is 5.92 Å². The summed E-state index contributed by atoms with van der Waals surface area (Å²) in [6.45, 7) is 3.96. The fraction of sp³-hybridized carbons (Fsp3) is 0.478. The van der Waals surface area contributed by atoms with Crippen molar-refractivity contribution in [1.82, 2.24) is 9.88 Å². The summed E-state index contributed by atoms with van der Waals surface area (Å²) in [5.41, 5.74) is 4.02.